The number of likely N-dealkylation sites (tertiary alicyclic amines) is 1. The summed E-state index contributed by atoms with van der Waals surface area (Å²) in [6.07, 6.45) is 3.66. The highest BCUT2D eigenvalue weighted by Gasteiger charge is 2.56. The maximum Gasteiger partial charge on any atom is 0.251 e. The molecule has 1 aliphatic carbocycles. The molecule has 6 nitrogen and oxygen atoms in total. The quantitative estimate of drug-likeness (QED) is 0.889. The summed E-state index contributed by atoms with van der Waals surface area (Å²) in [6, 6.07) is 3.37. The molecule has 1 saturated heterocycles. The van der Waals surface area contributed by atoms with Crippen molar-refractivity contribution in [3.8, 4) is 0 Å². The molecule has 1 aromatic rings. The normalized spacial score (nSPS) is 25.5. The van der Waals surface area contributed by atoms with Crippen molar-refractivity contribution in [3.05, 3.63) is 34.2 Å². The van der Waals surface area contributed by atoms with E-state index in [4.69, 9.17) is 4.74 Å². The van der Waals surface area contributed by atoms with Crippen LogP contribution in [0.25, 0.3) is 0 Å². The summed E-state index contributed by atoms with van der Waals surface area (Å²) >= 11 is 0. The Morgan fingerprint density at radius 1 is 1.42 bits per heavy atom. The predicted molar refractivity (Wildman–Crippen MR) is 89.7 cm³/mol. The number of aryl methyl sites for hydroxylation is 1. The molecule has 0 aromatic carbocycles. The van der Waals surface area contributed by atoms with E-state index in [0.717, 1.165) is 18.4 Å². The lowest BCUT2D eigenvalue weighted by molar-refractivity contribution is -0.210. The summed E-state index contributed by atoms with van der Waals surface area (Å²) in [4.78, 5) is 26.2. The molecule has 132 valence electrons. The summed E-state index contributed by atoms with van der Waals surface area (Å²) in [7, 11) is 0. The maximum absolute atomic E-state index is 12.5. The Bertz CT molecular complexity index is 659. The van der Waals surface area contributed by atoms with Gasteiger partial charge in [-0.3, -0.25) is 9.59 Å². The summed E-state index contributed by atoms with van der Waals surface area (Å²) in [6.45, 7) is 5.77. The lowest BCUT2D eigenvalue weighted by atomic mass is 9.58. The average molecular weight is 334 g/mol. The lowest BCUT2D eigenvalue weighted by Crippen LogP contribution is -2.62. The van der Waals surface area contributed by atoms with E-state index in [-0.39, 0.29) is 35.6 Å². The number of aromatic nitrogens is 1. The van der Waals surface area contributed by atoms with Crippen LogP contribution in [0.1, 0.15) is 31.7 Å². The first-order valence-corrected chi connectivity index (χ1v) is 8.71. The highest BCUT2D eigenvalue weighted by atomic mass is 16.5. The zero-order chi connectivity index (χ0) is 17.3. The molecular weight excluding hydrogens is 308 g/mol. The third-order valence-corrected chi connectivity index (χ3v) is 5.61. The highest BCUT2D eigenvalue weighted by molar-refractivity contribution is 5.76. The van der Waals surface area contributed by atoms with Crippen molar-refractivity contribution in [2.45, 2.75) is 51.9 Å². The number of nitrogens with zero attached hydrogens (tertiary/aromatic N) is 2. The Labute approximate surface area is 142 Å². The molecule has 2 heterocycles. The number of ether oxygens (including phenoxy) is 1. The molecule has 0 bridgehead atoms. The van der Waals surface area contributed by atoms with Crippen molar-refractivity contribution in [2.24, 2.45) is 5.41 Å². The minimum atomic E-state index is -0.328. The molecule has 24 heavy (non-hydrogen) atoms. The van der Waals surface area contributed by atoms with Crippen molar-refractivity contribution >= 4 is 5.91 Å². The van der Waals surface area contributed by atoms with Crippen molar-refractivity contribution in [3.63, 3.8) is 0 Å². The van der Waals surface area contributed by atoms with Gasteiger partial charge < -0.3 is 19.3 Å². The summed E-state index contributed by atoms with van der Waals surface area (Å²) < 4.78 is 7.20. The fourth-order valence-electron chi connectivity index (χ4n) is 3.97. The number of piperidine rings is 1. The fraction of sp³-hybridized carbons (Fsp3) is 0.667. The van der Waals surface area contributed by atoms with Crippen LogP contribution in [-0.4, -0.2) is 52.4 Å². The number of carbonyl (C=O) groups excluding carboxylic acids is 1. The minimum Gasteiger partial charge on any atom is -0.392 e. The molecular formula is C18H26N2O4. The second-order valence-electron chi connectivity index (χ2n) is 6.98. The maximum atomic E-state index is 12.5. The number of aliphatic hydroxyl groups excluding tert-OH is 1. The van der Waals surface area contributed by atoms with Gasteiger partial charge in [0.2, 0.25) is 5.91 Å². The molecule has 6 heteroatoms. The predicted octanol–water partition coefficient (Wildman–Crippen LogP) is 0.935. The van der Waals surface area contributed by atoms with Crippen molar-refractivity contribution < 1.29 is 14.6 Å². The van der Waals surface area contributed by atoms with Gasteiger partial charge in [0, 0.05) is 43.8 Å². The molecule has 1 amide bonds. The Balaban J connectivity index is 1.60. The van der Waals surface area contributed by atoms with Gasteiger partial charge in [-0.25, -0.2) is 0 Å². The van der Waals surface area contributed by atoms with Gasteiger partial charge >= 0.3 is 0 Å². The molecule has 0 unspecified atom stereocenters. The third-order valence-electron chi connectivity index (χ3n) is 5.61. The molecule has 2 fully saturated rings. The molecule has 1 N–H and O–H groups in total. The van der Waals surface area contributed by atoms with E-state index < -0.39 is 0 Å². The van der Waals surface area contributed by atoms with Crippen LogP contribution in [-0.2, 0) is 16.1 Å². The minimum absolute atomic E-state index is 0.0439. The first-order valence-electron chi connectivity index (χ1n) is 8.71. The molecule has 3 rings (SSSR count). The van der Waals surface area contributed by atoms with Crippen LogP contribution in [0.2, 0.25) is 0 Å². The number of pyridine rings is 1. The standard InChI is InChI=1S/C18H26N2O4/c1-3-24-15-11-14(21)18(15)5-8-19(9-6-18)17(23)12-20-7-4-13(2)10-16(20)22/h4,7,10,14-15,21H,3,5-6,8-9,11-12H2,1-2H3/t14-,15-/m1/s1. The first kappa shape index (κ1) is 17.2. The Morgan fingerprint density at radius 3 is 2.71 bits per heavy atom. The molecule has 1 spiro atoms. The van der Waals surface area contributed by atoms with Gasteiger partial charge in [0.1, 0.15) is 6.54 Å². The van der Waals surface area contributed by atoms with Crippen molar-refractivity contribution in [1.29, 1.82) is 0 Å². The van der Waals surface area contributed by atoms with Crippen LogP contribution in [0.15, 0.2) is 23.1 Å². The zero-order valence-electron chi connectivity index (χ0n) is 14.4. The lowest BCUT2D eigenvalue weighted by Gasteiger charge is -2.56. The largest absolute Gasteiger partial charge is 0.392 e. The number of hydrogen-bond acceptors (Lipinski definition) is 4. The van der Waals surface area contributed by atoms with Crippen LogP contribution in [0.4, 0.5) is 0 Å². The monoisotopic (exact) mass is 334 g/mol. The number of aliphatic hydroxyl groups is 1. The van der Waals surface area contributed by atoms with E-state index in [2.05, 4.69) is 0 Å². The van der Waals surface area contributed by atoms with E-state index in [1.807, 2.05) is 19.9 Å². The number of rotatable bonds is 4. The zero-order valence-corrected chi connectivity index (χ0v) is 14.4. The van der Waals surface area contributed by atoms with Crippen LogP contribution in [0.3, 0.4) is 0 Å². The second-order valence-corrected chi connectivity index (χ2v) is 6.98. The topological polar surface area (TPSA) is 71.8 Å². The molecule has 1 saturated carbocycles. The van der Waals surface area contributed by atoms with Gasteiger partial charge in [0.05, 0.1) is 12.2 Å². The van der Waals surface area contributed by atoms with Gasteiger partial charge in [0.15, 0.2) is 0 Å². The van der Waals surface area contributed by atoms with E-state index in [1.165, 1.54) is 10.6 Å². The summed E-state index contributed by atoms with van der Waals surface area (Å²) in [5.74, 6) is -0.0439. The van der Waals surface area contributed by atoms with Gasteiger partial charge in [-0.1, -0.05) is 0 Å². The molecule has 2 aliphatic rings. The molecule has 2 atom stereocenters. The smallest absolute Gasteiger partial charge is 0.251 e. The van der Waals surface area contributed by atoms with E-state index in [1.54, 1.807) is 11.1 Å². The van der Waals surface area contributed by atoms with Crippen molar-refractivity contribution in [2.75, 3.05) is 19.7 Å². The average Bonchev–Trinajstić information content (AvgIpc) is 2.57. The van der Waals surface area contributed by atoms with Gasteiger partial charge in [-0.2, -0.15) is 0 Å². The van der Waals surface area contributed by atoms with E-state index in [0.29, 0.717) is 26.1 Å². The van der Waals surface area contributed by atoms with Crippen molar-refractivity contribution in [1.82, 2.24) is 9.47 Å². The first-order chi connectivity index (χ1) is 11.5. The van der Waals surface area contributed by atoms with E-state index in [9.17, 15) is 14.7 Å². The molecule has 1 aromatic heterocycles. The highest BCUT2D eigenvalue weighted by Crippen LogP contribution is 2.50. The van der Waals surface area contributed by atoms with Crippen LogP contribution >= 0.6 is 0 Å². The summed E-state index contributed by atoms with van der Waals surface area (Å²) in [5, 5.41) is 10.2. The second kappa shape index (κ2) is 6.69. The van der Waals surface area contributed by atoms with Gasteiger partial charge in [-0.05, 0) is 38.3 Å². The van der Waals surface area contributed by atoms with E-state index >= 15 is 0 Å². The number of amides is 1. The van der Waals surface area contributed by atoms with Crippen LogP contribution in [0.5, 0.6) is 0 Å². The Morgan fingerprint density at radius 2 is 2.12 bits per heavy atom. The summed E-state index contributed by atoms with van der Waals surface area (Å²) in [5.41, 5.74) is 0.556. The van der Waals surface area contributed by atoms with Gasteiger partial charge in [-0.15, -0.1) is 0 Å². The SMILES string of the molecule is CCO[C@@H]1C[C@@H](O)C12CCN(C(=O)Cn1ccc(C)cc1=O)CC2. The Kier molecular flexibility index (Phi) is 4.78. The van der Waals surface area contributed by atoms with Crippen LogP contribution < -0.4 is 5.56 Å². The van der Waals surface area contributed by atoms with Crippen LogP contribution in [0, 0.1) is 12.3 Å². The Hall–Kier alpha value is -1.66. The van der Waals surface area contributed by atoms with Gasteiger partial charge in [0.25, 0.3) is 5.56 Å². The number of carbonyl (C=O) groups is 1. The number of hydrogen-bond donors (Lipinski definition) is 1. The fourth-order valence-corrected chi connectivity index (χ4v) is 3.97. The molecule has 0 radical (unpaired) electrons. The molecule has 1 aliphatic heterocycles. The third kappa shape index (κ3) is 3.00.